The summed E-state index contributed by atoms with van der Waals surface area (Å²) in [5.74, 6) is -3.75. The maximum Gasteiger partial charge on any atom is 0.350 e. The van der Waals surface area contributed by atoms with Gasteiger partial charge in [-0.2, -0.15) is 0 Å². The first-order valence-corrected chi connectivity index (χ1v) is 11.0. The molecule has 7 nitrogen and oxygen atoms in total. The topological polar surface area (TPSA) is 96.8 Å². The first-order chi connectivity index (χ1) is 16.3. The van der Waals surface area contributed by atoms with E-state index >= 15 is 0 Å². The molecule has 2 heterocycles. The number of rotatable bonds is 6. The number of aliphatic hydroxyl groups excluding tert-OH is 1. The van der Waals surface area contributed by atoms with Gasteiger partial charge in [0.05, 0.1) is 11.3 Å². The summed E-state index contributed by atoms with van der Waals surface area (Å²) in [6.07, 6.45) is 1.41. The number of anilines is 1. The second-order valence-corrected chi connectivity index (χ2v) is 8.33. The minimum atomic E-state index is -1.29. The van der Waals surface area contributed by atoms with E-state index in [1.165, 1.54) is 24.3 Å². The smallest absolute Gasteiger partial charge is 0.350 e. The maximum absolute atomic E-state index is 14.9. The van der Waals surface area contributed by atoms with Crippen LogP contribution in [0.25, 0.3) is 5.76 Å². The van der Waals surface area contributed by atoms with E-state index in [2.05, 4.69) is 11.6 Å². The molecule has 34 heavy (non-hydrogen) atoms. The van der Waals surface area contributed by atoms with Gasteiger partial charge in [0.15, 0.2) is 5.13 Å². The van der Waals surface area contributed by atoms with Gasteiger partial charge in [0.2, 0.25) is 0 Å². The van der Waals surface area contributed by atoms with E-state index in [-0.39, 0.29) is 33.4 Å². The quantitative estimate of drug-likeness (QED) is 0.183. The fraction of sp³-hybridized carbons (Fsp3) is 0.120. The largest absolute Gasteiger partial charge is 0.507 e. The van der Waals surface area contributed by atoms with Gasteiger partial charge >= 0.3 is 11.9 Å². The predicted molar refractivity (Wildman–Crippen MR) is 125 cm³/mol. The van der Waals surface area contributed by atoms with Gasteiger partial charge < -0.3 is 9.84 Å². The molecular weight excluding hydrogens is 459 g/mol. The zero-order valence-corrected chi connectivity index (χ0v) is 18.8. The highest BCUT2D eigenvalue weighted by molar-refractivity contribution is 7.17. The van der Waals surface area contributed by atoms with Crippen LogP contribution in [0.15, 0.2) is 72.8 Å². The highest BCUT2D eigenvalue weighted by atomic mass is 32.1. The lowest BCUT2D eigenvalue weighted by atomic mass is 9.95. The highest BCUT2D eigenvalue weighted by Crippen LogP contribution is 2.44. The van der Waals surface area contributed by atoms with Crippen molar-refractivity contribution in [3.8, 4) is 0 Å². The minimum Gasteiger partial charge on any atom is -0.507 e. The molecular formula is C25H19FN2O5S. The molecule has 0 spiro atoms. The predicted octanol–water partition coefficient (Wildman–Crippen LogP) is 4.56. The number of ether oxygens (including phenoxy) is 1. The molecule has 172 valence electrons. The third kappa shape index (κ3) is 4.01. The van der Waals surface area contributed by atoms with Gasteiger partial charge in [-0.15, -0.1) is 0 Å². The molecule has 1 atom stereocenters. The number of aromatic nitrogens is 1. The molecule has 2 aromatic carbocycles. The summed E-state index contributed by atoms with van der Waals surface area (Å²) < 4.78 is 20.0. The number of hydrogen-bond acceptors (Lipinski definition) is 7. The molecule has 0 saturated carbocycles. The van der Waals surface area contributed by atoms with Crippen molar-refractivity contribution in [2.24, 2.45) is 0 Å². The van der Waals surface area contributed by atoms with Crippen LogP contribution in [0, 0.1) is 12.7 Å². The van der Waals surface area contributed by atoms with E-state index in [1.54, 1.807) is 43.3 Å². The van der Waals surface area contributed by atoms with Crippen molar-refractivity contribution in [2.45, 2.75) is 13.0 Å². The molecule has 1 aliphatic rings. The fourth-order valence-corrected chi connectivity index (χ4v) is 4.63. The number of Topliss-reactive ketones (excluding diaryl/α,β-unsaturated/α-hetero) is 1. The number of aliphatic hydroxyl groups is 1. The molecule has 1 amide bonds. The van der Waals surface area contributed by atoms with Crippen LogP contribution < -0.4 is 4.90 Å². The summed E-state index contributed by atoms with van der Waals surface area (Å²) in [6.45, 7) is 5.04. The van der Waals surface area contributed by atoms with Gasteiger partial charge in [-0.3, -0.25) is 14.5 Å². The Balaban J connectivity index is 1.90. The molecule has 0 aliphatic carbocycles. The Bertz CT molecular complexity index is 1330. The lowest BCUT2D eigenvalue weighted by molar-refractivity contribution is -0.132. The Kier molecular flexibility index (Phi) is 6.38. The van der Waals surface area contributed by atoms with Crippen LogP contribution in [-0.2, 0) is 14.3 Å². The maximum atomic E-state index is 14.9. The summed E-state index contributed by atoms with van der Waals surface area (Å²) in [7, 11) is 0. The zero-order valence-electron chi connectivity index (χ0n) is 18.0. The monoisotopic (exact) mass is 478 g/mol. The van der Waals surface area contributed by atoms with Crippen LogP contribution in [-0.4, -0.2) is 34.4 Å². The molecule has 4 rings (SSSR count). The number of amides is 1. The standard InChI is InChI=1S/C25H19FN2O5S/c1-3-13-33-24(32)22-14(2)27-25(34-22)28-19(16-11-7-8-12-17(16)26)18(21(30)23(28)31)20(29)15-9-5-4-6-10-15/h3-12,19,29H,1,13H2,2H3/t19-/m0/s1. The van der Waals surface area contributed by atoms with Gasteiger partial charge in [-0.1, -0.05) is 72.5 Å². The molecule has 3 aromatic rings. The van der Waals surface area contributed by atoms with Crippen LogP contribution in [0.3, 0.4) is 0 Å². The molecule has 1 N–H and O–H groups in total. The Morgan fingerprint density at radius 1 is 1.21 bits per heavy atom. The summed E-state index contributed by atoms with van der Waals surface area (Å²) in [4.78, 5) is 44.1. The third-order valence-electron chi connectivity index (χ3n) is 5.20. The van der Waals surface area contributed by atoms with E-state index in [0.29, 0.717) is 5.56 Å². The van der Waals surface area contributed by atoms with E-state index in [0.717, 1.165) is 16.2 Å². The molecule has 0 bridgehead atoms. The van der Waals surface area contributed by atoms with Gasteiger partial charge in [-0.05, 0) is 13.0 Å². The van der Waals surface area contributed by atoms with Crippen molar-refractivity contribution in [1.29, 1.82) is 0 Å². The zero-order chi connectivity index (χ0) is 24.4. The van der Waals surface area contributed by atoms with Crippen LogP contribution in [0.4, 0.5) is 9.52 Å². The molecule has 1 aromatic heterocycles. The van der Waals surface area contributed by atoms with Crippen LogP contribution >= 0.6 is 11.3 Å². The Labute approximate surface area is 198 Å². The second-order valence-electron chi connectivity index (χ2n) is 7.35. The molecule has 1 saturated heterocycles. The number of thiazole rings is 1. The minimum absolute atomic E-state index is 0.00261. The summed E-state index contributed by atoms with van der Waals surface area (Å²) >= 11 is 0.841. The van der Waals surface area contributed by atoms with Crippen molar-refractivity contribution in [2.75, 3.05) is 11.5 Å². The third-order valence-corrected chi connectivity index (χ3v) is 6.34. The first-order valence-electron chi connectivity index (χ1n) is 10.2. The fourth-order valence-electron chi connectivity index (χ4n) is 3.65. The highest BCUT2D eigenvalue weighted by Gasteiger charge is 2.49. The van der Waals surface area contributed by atoms with Gasteiger partial charge in [-0.25, -0.2) is 14.2 Å². The lowest BCUT2D eigenvalue weighted by Gasteiger charge is -2.23. The van der Waals surface area contributed by atoms with Gasteiger partial charge in [0, 0.05) is 11.1 Å². The van der Waals surface area contributed by atoms with E-state index in [4.69, 9.17) is 4.74 Å². The van der Waals surface area contributed by atoms with Crippen molar-refractivity contribution in [3.63, 3.8) is 0 Å². The van der Waals surface area contributed by atoms with Crippen LogP contribution in [0.5, 0.6) is 0 Å². The summed E-state index contributed by atoms with van der Waals surface area (Å²) in [5, 5.41) is 11.0. The van der Waals surface area contributed by atoms with Crippen molar-refractivity contribution >= 4 is 39.9 Å². The number of carbonyl (C=O) groups excluding carboxylic acids is 3. The van der Waals surface area contributed by atoms with E-state index in [9.17, 15) is 23.9 Å². The van der Waals surface area contributed by atoms with E-state index in [1.807, 2.05) is 0 Å². The average Bonchev–Trinajstić information content (AvgIpc) is 3.34. The molecule has 1 fully saturated rings. The van der Waals surface area contributed by atoms with Gasteiger partial charge in [0.1, 0.15) is 29.1 Å². The molecule has 0 radical (unpaired) electrons. The second kappa shape index (κ2) is 9.40. The number of benzene rings is 2. The number of halogens is 1. The first kappa shape index (κ1) is 23.1. The number of nitrogens with zero attached hydrogens (tertiary/aromatic N) is 2. The van der Waals surface area contributed by atoms with Gasteiger partial charge in [0.25, 0.3) is 5.78 Å². The number of hydrogen-bond donors (Lipinski definition) is 1. The van der Waals surface area contributed by atoms with Crippen LogP contribution in [0.1, 0.15) is 32.5 Å². The SMILES string of the molecule is C=CCOC(=O)c1sc(N2C(=O)C(=O)C(=C(O)c3ccccc3)[C@@H]2c2ccccc2F)nc1C. The number of esters is 1. The van der Waals surface area contributed by atoms with Crippen molar-refractivity contribution in [3.05, 3.63) is 100 Å². The van der Waals surface area contributed by atoms with Crippen molar-refractivity contribution < 1.29 is 28.6 Å². The average molecular weight is 479 g/mol. The number of aryl methyl sites for hydroxylation is 1. The molecule has 9 heteroatoms. The lowest BCUT2D eigenvalue weighted by Crippen LogP contribution is -2.29. The normalized spacial score (nSPS) is 17.1. The number of carbonyl (C=O) groups is 3. The Morgan fingerprint density at radius 2 is 1.88 bits per heavy atom. The van der Waals surface area contributed by atoms with Crippen LogP contribution in [0.2, 0.25) is 0 Å². The Morgan fingerprint density at radius 3 is 2.56 bits per heavy atom. The summed E-state index contributed by atoms with van der Waals surface area (Å²) in [5.41, 5.74) is 0.310. The summed E-state index contributed by atoms with van der Waals surface area (Å²) in [6, 6.07) is 12.6. The Hall–Kier alpha value is -4.11. The van der Waals surface area contributed by atoms with Crippen molar-refractivity contribution in [1.82, 2.24) is 4.98 Å². The molecule has 1 aliphatic heterocycles. The number of ketones is 1. The molecule has 0 unspecified atom stereocenters. The van der Waals surface area contributed by atoms with E-state index < -0.39 is 35.3 Å².